The number of hydrogen-bond donors (Lipinski definition) is 1. The molecular formula is C15H13N3O2. The third-order valence-corrected chi connectivity index (χ3v) is 2.59. The third kappa shape index (κ3) is 3.12. The average molecular weight is 267 g/mol. The molecule has 0 aliphatic carbocycles. The molecule has 1 N–H and O–H groups in total. The maximum atomic E-state index is 11.5. The minimum atomic E-state index is -0.352. The van der Waals surface area contributed by atoms with E-state index >= 15 is 0 Å². The van der Waals surface area contributed by atoms with E-state index in [0.29, 0.717) is 23.6 Å². The fourth-order valence-corrected chi connectivity index (χ4v) is 1.64. The van der Waals surface area contributed by atoms with Crippen molar-refractivity contribution in [3.63, 3.8) is 0 Å². The zero-order valence-electron chi connectivity index (χ0n) is 11.0. The molecule has 0 aliphatic rings. The van der Waals surface area contributed by atoms with Crippen LogP contribution in [-0.4, -0.2) is 17.6 Å². The number of anilines is 2. The van der Waals surface area contributed by atoms with Crippen LogP contribution >= 0.6 is 0 Å². The Bertz CT molecular complexity index is 645. The number of ether oxygens (including phenoxy) is 1. The number of carbonyl (C=O) groups is 1. The minimum Gasteiger partial charge on any atom is -0.462 e. The van der Waals surface area contributed by atoms with Gasteiger partial charge in [0.2, 0.25) is 0 Å². The number of benzene rings is 1. The first kappa shape index (κ1) is 13.6. The Hall–Kier alpha value is -2.87. The summed E-state index contributed by atoms with van der Waals surface area (Å²) in [5.41, 5.74) is 1.69. The average Bonchev–Trinajstić information content (AvgIpc) is 2.49. The van der Waals surface area contributed by atoms with E-state index in [2.05, 4.69) is 16.4 Å². The first-order chi connectivity index (χ1) is 9.74. The number of hydrogen-bond acceptors (Lipinski definition) is 5. The molecule has 5 heteroatoms. The van der Waals surface area contributed by atoms with Crippen molar-refractivity contribution >= 4 is 17.5 Å². The largest absolute Gasteiger partial charge is 0.462 e. The number of carbonyl (C=O) groups excluding carboxylic acids is 1. The van der Waals surface area contributed by atoms with Crippen molar-refractivity contribution in [2.75, 3.05) is 11.9 Å². The zero-order valence-corrected chi connectivity index (χ0v) is 11.0. The molecule has 0 unspecified atom stereocenters. The summed E-state index contributed by atoms with van der Waals surface area (Å²) in [4.78, 5) is 15.6. The number of rotatable bonds is 4. The Kier molecular flexibility index (Phi) is 4.30. The van der Waals surface area contributed by atoms with E-state index in [9.17, 15) is 4.79 Å². The lowest BCUT2D eigenvalue weighted by Crippen LogP contribution is -2.04. The van der Waals surface area contributed by atoms with Gasteiger partial charge >= 0.3 is 5.97 Å². The summed E-state index contributed by atoms with van der Waals surface area (Å²) in [5.74, 6) is 0.133. The van der Waals surface area contributed by atoms with Gasteiger partial charge in [-0.05, 0) is 43.3 Å². The number of aromatic nitrogens is 1. The predicted molar refractivity (Wildman–Crippen MR) is 74.6 cm³/mol. The second-order valence-electron chi connectivity index (χ2n) is 3.93. The molecule has 1 aromatic carbocycles. The van der Waals surface area contributed by atoms with Crippen molar-refractivity contribution in [2.45, 2.75) is 6.92 Å². The van der Waals surface area contributed by atoms with Crippen LogP contribution in [0.2, 0.25) is 0 Å². The molecule has 0 radical (unpaired) electrons. The van der Waals surface area contributed by atoms with Crippen LogP contribution in [-0.2, 0) is 4.74 Å². The van der Waals surface area contributed by atoms with Gasteiger partial charge in [-0.25, -0.2) is 9.78 Å². The molecule has 0 aliphatic heterocycles. The first-order valence-corrected chi connectivity index (χ1v) is 6.14. The molecular weight excluding hydrogens is 254 g/mol. The van der Waals surface area contributed by atoms with Crippen LogP contribution in [0.25, 0.3) is 0 Å². The van der Waals surface area contributed by atoms with Crippen molar-refractivity contribution in [2.24, 2.45) is 0 Å². The molecule has 1 aromatic heterocycles. The third-order valence-electron chi connectivity index (χ3n) is 2.59. The molecule has 0 fully saturated rings. The van der Waals surface area contributed by atoms with Gasteiger partial charge in [-0.1, -0.05) is 0 Å². The molecule has 0 saturated carbocycles. The Morgan fingerprint density at radius 3 is 2.75 bits per heavy atom. The molecule has 2 rings (SSSR count). The summed E-state index contributed by atoms with van der Waals surface area (Å²) < 4.78 is 4.91. The van der Waals surface area contributed by atoms with Crippen LogP contribution in [0.3, 0.4) is 0 Å². The summed E-state index contributed by atoms with van der Waals surface area (Å²) in [6.45, 7) is 2.11. The van der Waals surface area contributed by atoms with Crippen molar-refractivity contribution in [1.82, 2.24) is 4.98 Å². The maximum Gasteiger partial charge on any atom is 0.338 e. The van der Waals surface area contributed by atoms with E-state index in [4.69, 9.17) is 10.00 Å². The van der Waals surface area contributed by atoms with Crippen LogP contribution in [0.1, 0.15) is 22.8 Å². The molecule has 0 atom stereocenters. The number of nitriles is 1. The standard InChI is InChI=1S/C15H13N3O2/c1-2-20-15(19)11-5-7-13(8-6-11)18-14-12(10-16)4-3-9-17-14/h3-9H,2H2,1H3,(H,17,18). The van der Waals surface area contributed by atoms with Gasteiger partial charge in [-0.15, -0.1) is 0 Å². The zero-order chi connectivity index (χ0) is 14.4. The fourth-order valence-electron chi connectivity index (χ4n) is 1.64. The molecule has 5 nitrogen and oxygen atoms in total. The SMILES string of the molecule is CCOC(=O)c1ccc(Nc2ncccc2C#N)cc1. The lowest BCUT2D eigenvalue weighted by molar-refractivity contribution is 0.0526. The minimum absolute atomic E-state index is 0.346. The van der Waals surface area contributed by atoms with Crippen LogP contribution < -0.4 is 5.32 Å². The van der Waals surface area contributed by atoms with E-state index in [1.165, 1.54) is 0 Å². The summed E-state index contributed by atoms with van der Waals surface area (Å²) in [7, 11) is 0. The summed E-state index contributed by atoms with van der Waals surface area (Å²) >= 11 is 0. The van der Waals surface area contributed by atoms with E-state index in [1.807, 2.05) is 0 Å². The van der Waals surface area contributed by atoms with Gasteiger partial charge < -0.3 is 10.1 Å². The van der Waals surface area contributed by atoms with Gasteiger partial charge in [0.1, 0.15) is 11.9 Å². The normalized spacial score (nSPS) is 9.60. The second kappa shape index (κ2) is 6.34. The van der Waals surface area contributed by atoms with Gasteiger partial charge in [0, 0.05) is 11.9 Å². The molecule has 0 saturated heterocycles. The molecule has 20 heavy (non-hydrogen) atoms. The summed E-state index contributed by atoms with van der Waals surface area (Å²) in [5, 5.41) is 12.0. The second-order valence-corrected chi connectivity index (χ2v) is 3.93. The Labute approximate surface area is 116 Å². The number of esters is 1. The maximum absolute atomic E-state index is 11.5. The molecule has 2 aromatic rings. The summed E-state index contributed by atoms with van der Waals surface area (Å²) in [6.07, 6.45) is 1.61. The van der Waals surface area contributed by atoms with E-state index in [1.54, 1.807) is 49.5 Å². The topological polar surface area (TPSA) is 75.0 Å². The molecule has 0 bridgehead atoms. The van der Waals surface area contributed by atoms with Crippen molar-refractivity contribution in [3.05, 3.63) is 53.7 Å². The number of pyridine rings is 1. The lowest BCUT2D eigenvalue weighted by atomic mass is 10.2. The van der Waals surface area contributed by atoms with E-state index in [-0.39, 0.29) is 5.97 Å². The van der Waals surface area contributed by atoms with Gasteiger partial charge in [-0.3, -0.25) is 0 Å². The van der Waals surface area contributed by atoms with Gasteiger partial charge in [0.15, 0.2) is 0 Å². The van der Waals surface area contributed by atoms with Crippen LogP contribution in [0.15, 0.2) is 42.6 Å². The Balaban J connectivity index is 2.15. The van der Waals surface area contributed by atoms with Crippen molar-refractivity contribution < 1.29 is 9.53 Å². The molecule has 100 valence electrons. The monoisotopic (exact) mass is 267 g/mol. The highest BCUT2D eigenvalue weighted by molar-refractivity contribution is 5.89. The van der Waals surface area contributed by atoms with Crippen molar-refractivity contribution in [3.8, 4) is 6.07 Å². The Morgan fingerprint density at radius 2 is 2.10 bits per heavy atom. The molecule has 0 spiro atoms. The number of nitrogens with zero attached hydrogens (tertiary/aromatic N) is 2. The number of nitrogens with one attached hydrogen (secondary N) is 1. The van der Waals surface area contributed by atoms with Gasteiger partial charge in [0.25, 0.3) is 0 Å². The smallest absolute Gasteiger partial charge is 0.338 e. The highest BCUT2D eigenvalue weighted by Gasteiger charge is 2.07. The van der Waals surface area contributed by atoms with Crippen LogP contribution in [0.5, 0.6) is 0 Å². The highest BCUT2D eigenvalue weighted by Crippen LogP contribution is 2.18. The fraction of sp³-hybridized carbons (Fsp3) is 0.133. The quantitative estimate of drug-likeness (QED) is 0.862. The van der Waals surface area contributed by atoms with E-state index in [0.717, 1.165) is 5.69 Å². The Morgan fingerprint density at radius 1 is 1.35 bits per heavy atom. The van der Waals surface area contributed by atoms with E-state index < -0.39 is 0 Å². The van der Waals surface area contributed by atoms with Crippen LogP contribution in [0, 0.1) is 11.3 Å². The van der Waals surface area contributed by atoms with Crippen molar-refractivity contribution in [1.29, 1.82) is 5.26 Å². The van der Waals surface area contributed by atoms with Crippen LogP contribution in [0.4, 0.5) is 11.5 Å². The van der Waals surface area contributed by atoms with Gasteiger partial charge in [0.05, 0.1) is 17.7 Å². The first-order valence-electron chi connectivity index (χ1n) is 6.14. The molecule has 1 heterocycles. The summed E-state index contributed by atoms with van der Waals surface area (Å²) in [6, 6.07) is 12.2. The molecule has 0 amide bonds. The predicted octanol–water partition coefficient (Wildman–Crippen LogP) is 2.87. The van der Waals surface area contributed by atoms with Gasteiger partial charge in [-0.2, -0.15) is 5.26 Å². The highest BCUT2D eigenvalue weighted by atomic mass is 16.5. The lowest BCUT2D eigenvalue weighted by Gasteiger charge is -2.07.